The van der Waals surface area contributed by atoms with E-state index in [-0.39, 0.29) is 23.7 Å². The number of nitrogens with one attached hydrogen (secondary N) is 1. The third kappa shape index (κ3) is 4.58. The lowest BCUT2D eigenvalue weighted by Crippen LogP contribution is -2.55. The first-order chi connectivity index (χ1) is 8.51. The molecule has 0 bridgehead atoms. The van der Waals surface area contributed by atoms with Crippen LogP contribution in [0.25, 0.3) is 0 Å². The number of esters is 1. The molecule has 0 spiro atoms. The molecule has 0 aromatic rings. The van der Waals surface area contributed by atoms with E-state index in [9.17, 15) is 4.79 Å². The van der Waals surface area contributed by atoms with E-state index < -0.39 is 0 Å². The van der Waals surface area contributed by atoms with Gasteiger partial charge in [-0.25, -0.2) is 0 Å². The summed E-state index contributed by atoms with van der Waals surface area (Å²) in [4.78, 5) is 11.8. The molecular formula is C14H27NO3. The van der Waals surface area contributed by atoms with Crippen molar-refractivity contribution in [3.05, 3.63) is 0 Å². The zero-order chi connectivity index (χ0) is 13.6. The van der Waals surface area contributed by atoms with Crippen molar-refractivity contribution < 1.29 is 14.3 Å². The van der Waals surface area contributed by atoms with E-state index in [0.717, 1.165) is 25.8 Å². The maximum Gasteiger partial charge on any atom is 0.307 e. The average Bonchev–Trinajstić information content (AvgIpc) is 2.25. The highest BCUT2D eigenvalue weighted by molar-refractivity contribution is 5.71. The third-order valence-corrected chi connectivity index (χ3v) is 3.36. The van der Waals surface area contributed by atoms with Crippen LogP contribution >= 0.6 is 0 Å². The van der Waals surface area contributed by atoms with Crippen molar-refractivity contribution in [2.24, 2.45) is 0 Å². The van der Waals surface area contributed by atoms with E-state index in [1.165, 1.54) is 0 Å². The Labute approximate surface area is 110 Å². The van der Waals surface area contributed by atoms with Crippen LogP contribution in [-0.4, -0.2) is 36.9 Å². The van der Waals surface area contributed by atoms with Gasteiger partial charge in [0, 0.05) is 5.54 Å². The first-order valence-electron chi connectivity index (χ1n) is 7.07. The Kier molecular flexibility index (Phi) is 6.09. The lowest BCUT2D eigenvalue weighted by atomic mass is 9.81. The fourth-order valence-electron chi connectivity index (χ4n) is 2.91. The van der Waals surface area contributed by atoms with E-state index in [0.29, 0.717) is 13.0 Å². The summed E-state index contributed by atoms with van der Waals surface area (Å²) in [6.45, 7) is 9.51. The normalized spacial score (nSPS) is 32.2. The minimum atomic E-state index is -0.153. The highest BCUT2D eigenvalue weighted by Crippen LogP contribution is 2.32. The fraction of sp³-hybridized carbons (Fsp3) is 0.929. The fourth-order valence-corrected chi connectivity index (χ4v) is 2.91. The average molecular weight is 257 g/mol. The van der Waals surface area contributed by atoms with Gasteiger partial charge in [-0.2, -0.15) is 0 Å². The highest BCUT2D eigenvalue weighted by atomic mass is 16.5. The Morgan fingerprint density at radius 2 is 1.94 bits per heavy atom. The van der Waals surface area contributed by atoms with Crippen molar-refractivity contribution in [3.63, 3.8) is 0 Å². The molecule has 2 unspecified atom stereocenters. The second-order valence-corrected chi connectivity index (χ2v) is 5.35. The van der Waals surface area contributed by atoms with Crippen molar-refractivity contribution >= 4 is 5.97 Å². The maximum absolute atomic E-state index is 11.8. The van der Waals surface area contributed by atoms with Crippen molar-refractivity contribution in [1.82, 2.24) is 5.32 Å². The molecule has 1 aliphatic rings. The van der Waals surface area contributed by atoms with Crippen LogP contribution in [0.2, 0.25) is 0 Å². The standard InChI is InChI=1S/C14H27NO3/c1-5-7-15-14(10-13(16)17-6-2)8-11(3)18-12(4)9-14/h11-12,15H,5-10H2,1-4H3. The Hall–Kier alpha value is -0.610. The molecule has 0 saturated carbocycles. The minimum Gasteiger partial charge on any atom is -0.466 e. The number of carbonyl (C=O) groups excluding carboxylic acids is 1. The van der Waals surface area contributed by atoms with Crippen LogP contribution in [0.5, 0.6) is 0 Å². The first-order valence-corrected chi connectivity index (χ1v) is 7.07. The summed E-state index contributed by atoms with van der Waals surface area (Å²) in [5.41, 5.74) is -0.153. The monoisotopic (exact) mass is 257 g/mol. The van der Waals surface area contributed by atoms with E-state index in [1.54, 1.807) is 0 Å². The minimum absolute atomic E-state index is 0.109. The molecule has 106 valence electrons. The number of carbonyl (C=O) groups is 1. The molecule has 0 aromatic heterocycles. The molecule has 1 rings (SSSR count). The van der Waals surface area contributed by atoms with Gasteiger partial charge in [-0.3, -0.25) is 4.79 Å². The van der Waals surface area contributed by atoms with Gasteiger partial charge in [0.1, 0.15) is 0 Å². The largest absolute Gasteiger partial charge is 0.466 e. The quantitative estimate of drug-likeness (QED) is 0.742. The molecule has 1 fully saturated rings. The lowest BCUT2D eigenvalue weighted by molar-refractivity contribution is -0.148. The van der Waals surface area contributed by atoms with Gasteiger partial charge in [0.05, 0.1) is 25.2 Å². The van der Waals surface area contributed by atoms with E-state index in [2.05, 4.69) is 26.1 Å². The van der Waals surface area contributed by atoms with E-state index in [4.69, 9.17) is 9.47 Å². The molecule has 0 aliphatic carbocycles. The predicted molar refractivity (Wildman–Crippen MR) is 71.5 cm³/mol. The maximum atomic E-state index is 11.8. The summed E-state index contributed by atoms with van der Waals surface area (Å²) < 4.78 is 10.9. The molecule has 1 heterocycles. The van der Waals surface area contributed by atoms with Crippen molar-refractivity contribution in [3.8, 4) is 0 Å². The van der Waals surface area contributed by atoms with Crippen LogP contribution in [0.4, 0.5) is 0 Å². The van der Waals surface area contributed by atoms with Crippen LogP contribution in [0.1, 0.15) is 53.4 Å². The van der Waals surface area contributed by atoms with Crippen molar-refractivity contribution in [2.45, 2.75) is 71.1 Å². The summed E-state index contributed by atoms with van der Waals surface area (Å²) in [6, 6.07) is 0. The number of hydrogen-bond donors (Lipinski definition) is 1. The lowest BCUT2D eigenvalue weighted by Gasteiger charge is -2.43. The summed E-state index contributed by atoms with van der Waals surface area (Å²) in [6.07, 6.45) is 3.62. The zero-order valence-corrected chi connectivity index (χ0v) is 12.1. The van der Waals surface area contributed by atoms with Crippen LogP contribution in [0, 0.1) is 0 Å². The van der Waals surface area contributed by atoms with Gasteiger partial charge in [-0.05, 0) is 46.6 Å². The molecule has 4 nitrogen and oxygen atoms in total. The van der Waals surface area contributed by atoms with Crippen molar-refractivity contribution in [2.75, 3.05) is 13.2 Å². The summed E-state index contributed by atoms with van der Waals surface area (Å²) in [7, 11) is 0. The molecule has 2 atom stereocenters. The van der Waals surface area contributed by atoms with Crippen LogP contribution in [0.3, 0.4) is 0 Å². The number of hydrogen-bond acceptors (Lipinski definition) is 4. The van der Waals surface area contributed by atoms with Crippen LogP contribution in [-0.2, 0) is 14.3 Å². The Morgan fingerprint density at radius 1 is 1.33 bits per heavy atom. The molecule has 0 radical (unpaired) electrons. The van der Waals surface area contributed by atoms with E-state index >= 15 is 0 Å². The molecular weight excluding hydrogens is 230 g/mol. The first kappa shape index (κ1) is 15.4. The van der Waals surface area contributed by atoms with Crippen LogP contribution in [0.15, 0.2) is 0 Å². The van der Waals surface area contributed by atoms with Gasteiger partial charge in [0.25, 0.3) is 0 Å². The highest BCUT2D eigenvalue weighted by Gasteiger charge is 2.40. The molecule has 4 heteroatoms. The molecule has 1 N–H and O–H groups in total. The SMILES string of the molecule is CCCNC1(CC(=O)OCC)CC(C)OC(C)C1. The smallest absolute Gasteiger partial charge is 0.307 e. The van der Waals surface area contributed by atoms with Gasteiger partial charge in [-0.1, -0.05) is 6.92 Å². The van der Waals surface area contributed by atoms with Gasteiger partial charge >= 0.3 is 5.97 Å². The molecule has 1 aliphatic heterocycles. The van der Waals surface area contributed by atoms with Gasteiger partial charge < -0.3 is 14.8 Å². The zero-order valence-electron chi connectivity index (χ0n) is 12.1. The molecule has 1 saturated heterocycles. The van der Waals surface area contributed by atoms with Gasteiger partial charge in [0.2, 0.25) is 0 Å². The molecule has 18 heavy (non-hydrogen) atoms. The van der Waals surface area contributed by atoms with Gasteiger partial charge in [-0.15, -0.1) is 0 Å². The number of ether oxygens (including phenoxy) is 2. The summed E-state index contributed by atoms with van der Waals surface area (Å²) in [5.74, 6) is -0.109. The topological polar surface area (TPSA) is 47.6 Å². The third-order valence-electron chi connectivity index (χ3n) is 3.36. The van der Waals surface area contributed by atoms with Gasteiger partial charge in [0.15, 0.2) is 0 Å². The van der Waals surface area contributed by atoms with Crippen LogP contribution < -0.4 is 5.32 Å². The Morgan fingerprint density at radius 3 is 2.44 bits per heavy atom. The second-order valence-electron chi connectivity index (χ2n) is 5.35. The Bertz CT molecular complexity index is 258. The van der Waals surface area contributed by atoms with E-state index in [1.807, 2.05) is 6.92 Å². The van der Waals surface area contributed by atoms with Crippen molar-refractivity contribution in [1.29, 1.82) is 0 Å². The number of rotatable bonds is 6. The Balaban J connectivity index is 2.70. The molecule has 0 aromatic carbocycles. The molecule has 0 amide bonds. The summed E-state index contributed by atoms with van der Waals surface area (Å²) >= 11 is 0. The predicted octanol–water partition coefficient (Wildman–Crippen LogP) is 2.27. The summed E-state index contributed by atoms with van der Waals surface area (Å²) in [5, 5.41) is 3.55. The second kappa shape index (κ2) is 7.10.